The van der Waals surface area contributed by atoms with E-state index in [1.807, 2.05) is 4.90 Å². The van der Waals surface area contributed by atoms with E-state index in [2.05, 4.69) is 5.32 Å². The Morgan fingerprint density at radius 3 is 2.55 bits per heavy atom. The van der Waals surface area contributed by atoms with Crippen LogP contribution in [0.4, 0.5) is 0 Å². The summed E-state index contributed by atoms with van der Waals surface area (Å²) in [7, 11) is -3.08. The molecule has 0 radical (unpaired) electrons. The lowest BCUT2D eigenvalue weighted by Gasteiger charge is -2.31. The molecule has 0 aromatic rings. The Labute approximate surface area is 121 Å². The van der Waals surface area contributed by atoms with Gasteiger partial charge in [0, 0.05) is 26.2 Å². The molecule has 1 unspecified atom stereocenters. The summed E-state index contributed by atoms with van der Waals surface area (Å²) < 4.78 is 24.6. The minimum absolute atomic E-state index is 0.165. The molecule has 0 aromatic carbocycles. The predicted octanol–water partition coefficient (Wildman–Crippen LogP) is -0.130. The number of nitrogens with one attached hydrogen (secondary N) is 1. The van der Waals surface area contributed by atoms with Crippen LogP contribution in [0.2, 0.25) is 0 Å². The first-order valence-electron chi connectivity index (χ1n) is 7.40. The van der Waals surface area contributed by atoms with Gasteiger partial charge in [0.25, 0.3) is 0 Å². The van der Waals surface area contributed by atoms with E-state index in [1.54, 1.807) is 4.31 Å². The van der Waals surface area contributed by atoms with Gasteiger partial charge >= 0.3 is 0 Å². The third-order valence-corrected chi connectivity index (χ3v) is 5.39. The van der Waals surface area contributed by atoms with Gasteiger partial charge in [-0.3, -0.25) is 4.79 Å². The van der Waals surface area contributed by atoms with Crippen LogP contribution in [-0.4, -0.2) is 69.1 Å². The summed E-state index contributed by atoms with van der Waals surface area (Å²) in [6.45, 7) is 4.05. The summed E-state index contributed by atoms with van der Waals surface area (Å²) in [5.74, 6) is 0.475. The molecule has 116 valence electrons. The van der Waals surface area contributed by atoms with Gasteiger partial charge in [-0.25, -0.2) is 12.7 Å². The number of amides is 1. The lowest BCUT2D eigenvalue weighted by atomic mass is 10.00. The van der Waals surface area contributed by atoms with Crippen LogP contribution in [-0.2, 0) is 14.8 Å². The van der Waals surface area contributed by atoms with Crippen molar-refractivity contribution in [2.24, 2.45) is 5.92 Å². The molecule has 2 rings (SSSR count). The molecule has 2 heterocycles. The zero-order chi connectivity index (χ0) is 14.6. The third-order valence-electron chi connectivity index (χ3n) is 4.12. The van der Waals surface area contributed by atoms with Gasteiger partial charge in [-0.05, 0) is 38.1 Å². The zero-order valence-corrected chi connectivity index (χ0v) is 13.0. The van der Waals surface area contributed by atoms with Crippen LogP contribution in [0.1, 0.15) is 25.7 Å². The molecular weight excluding hydrogens is 278 g/mol. The van der Waals surface area contributed by atoms with Crippen molar-refractivity contribution in [3.8, 4) is 0 Å². The number of rotatable bonds is 5. The van der Waals surface area contributed by atoms with Crippen LogP contribution in [0.25, 0.3) is 0 Å². The van der Waals surface area contributed by atoms with Gasteiger partial charge < -0.3 is 10.2 Å². The predicted molar refractivity (Wildman–Crippen MR) is 77.8 cm³/mol. The van der Waals surface area contributed by atoms with Gasteiger partial charge in [0.2, 0.25) is 15.9 Å². The first-order valence-corrected chi connectivity index (χ1v) is 9.25. The Morgan fingerprint density at radius 2 is 1.90 bits per heavy atom. The van der Waals surface area contributed by atoms with Crippen molar-refractivity contribution in [3.05, 3.63) is 0 Å². The van der Waals surface area contributed by atoms with Crippen LogP contribution in [0, 0.1) is 5.92 Å². The molecule has 2 fully saturated rings. The first kappa shape index (κ1) is 15.7. The molecule has 1 atom stereocenters. The van der Waals surface area contributed by atoms with Crippen molar-refractivity contribution in [3.63, 3.8) is 0 Å². The molecule has 2 aliphatic heterocycles. The van der Waals surface area contributed by atoms with Crippen LogP contribution >= 0.6 is 0 Å². The van der Waals surface area contributed by atoms with Crippen LogP contribution in [0.15, 0.2) is 0 Å². The number of carbonyl (C=O) groups is 1. The molecule has 2 aliphatic rings. The number of likely N-dealkylation sites (tertiary alicyclic amines) is 1. The Hall–Kier alpha value is -0.660. The highest BCUT2D eigenvalue weighted by molar-refractivity contribution is 7.88. The Kier molecular flexibility index (Phi) is 5.40. The van der Waals surface area contributed by atoms with Crippen molar-refractivity contribution >= 4 is 15.9 Å². The number of sulfonamides is 1. The summed E-state index contributed by atoms with van der Waals surface area (Å²) in [5, 5.41) is 3.19. The van der Waals surface area contributed by atoms with Crippen molar-refractivity contribution in [2.75, 3.05) is 45.5 Å². The number of piperidine rings is 1. The summed E-state index contributed by atoms with van der Waals surface area (Å²) in [6.07, 6.45) is 5.41. The van der Waals surface area contributed by atoms with Crippen LogP contribution in [0.5, 0.6) is 0 Å². The van der Waals surface area contributed by atoms with E-state index >= 15 is 0 Å². The molecule has 0 aliphatic carbocycles. The standard InChI is InChI=1S/C13H25N3O3S/c1-20(18,19)16-8-4-5-12(11-16)9-14-10-13(17)15-6-2-3-7-15/h12,14H,2-11H2,1H3. The monoisotopic (exact) mass is 303 g/mol. The largest absolute Gasteiger partial charge is 0.342 e. The maximum atomic E-state index is 11.9. The lowest BCUT2D eigenvalue weighted by Crippen LogP contribution is -2.44. The second kappa shape index (κ2) is 6.87. The van der Waals surface area contributed by atoms with Crippen molar-refractivity contribution in [1.82, 2.24) is 14.5 Å². The van der Waals surface area contributed by atoms with E-state index in [0.717, 1.165) is 38.8 Å². The average molecular weight is 303 g/mol. The minimum atomic E-state index is -3.08. The maximum absolute atomic E-state index is 11.9. The smallest absolute Gasteiger partial charge is 0.236 e. The number of hydrogen-bond donors (Lipinski definition) is 1. The van der Waals surface area contributed by atoms with Gasteiger partial charge in [-0.2, -0.15) is 0 Å². The normalized spacial score (nSPS) is 25.1. The zero-order valence-electron chi connectivity index (χ0n) is 12.2. The molecule has 0 spiro atoms. The quantitative estimate of drug-likeness (QED) is 0.768. The van der Waals surface area contributed by atoms with E-state index in [4.69, 9.17) is 0 Å². The molecule has 1 N–H and O–H groups in total. The number of nitrogens with zero attached hydrogens (tertiary/aromatic N) is 2. The molecule has 0 bridgehead atoms. The molecular formula is C13H25N3O3S. The summed E-state index contributed by atoms with van der Waals surface area (Å²) in [5.41, 5.74) is 0. The van der Waals surface area contributed by atoms with Crippen molar-refractivity contribution in [2.45, 2.75) is 25.7 Å². The Bertz CT molecular complexity index is 432. The van der Waals surface area contributed by atoms with Gasteiger partial charge in [-0.15, -0.1) is 0 Å². The Balaban J connectivity index is 1.69. The maximum Gasteiger partial charge on any atom is 0.236 e. The first-order chi connectivity index (χ1) is 9.47. The highest BCUT2D eigenvalue weighted by Gasteiger charge is 2.26. The minimum Gasteiger partial charge on any atom is -0.342 e. The summed E-state index contributed by atoms with van der Waals surface area (Å²) >= 11 is 0. The van der Waals surface area contributed by atoms with Crippen molar-refractivity contribution < 1.29 is 13.2 Å². The summed E-state index contributed by atoms with van der Waals surface area (Å²) in [4.78, 5) is 13.8. The topological polar surface area (TPSA) is 69.7 Å². The SMILES string of the molecule is CS(=O)(=O)N1CCCC(CNCC(=O)N2CCCC2)C1. The molecule has 2 saturated heterocycles. The second-order valence-corrected chi connectivity index (χ2v) is 7.83. The fourth-order valence-electron chi connectivity index (χ4n) is 2.96. The van der Waals surface area contributed by atoms with E-state index in [0.29, 0.717) is 32.1 Å². The van der Waals surface area contributed by atoms with Crippen LogP contribution in [0.3, 0.4) is 0 Å². The van der Waals surface area contributed by atoms with E-state index in [9.17, 15) is 13.2 Å². The Morgan fingerprint density at radius 1 is 1.20 bits per heavy atom. The van der Waals surface area contributed by atoms with E-state index in [-0.39, 0.29) is 5.91 Å². The third kappa shape index (κ3) is 4.43. The van der Waals surface area contributed by atoms with E-state index in [1.165, 1.54) is 6.26 Å². The molecule has 1 amide bonds. The lowest BCUT2D eigenvalue weighted by molar-refractivity contribution is -0.129. The average Bonchev–Trinajstić information content (AvgIpc) is 2.92. The van der Waals surface area contributed by atoms with Gasteiger partial charge in [-0.1, -0.05) is 0 Å². The van der Waals surface area contributed by atoms with Crippen LogP contribution < -0.4 is 5.32 Å². The molecule has 0 aromatic heterocycles. The fraction of sp³-hybridized carbons (Fsp3) is 0.923. The molecule has 20 heavy (non-hydrogen) atoms. The van der Waals surface area contributed by atoms with Gasteiger partial charge in [0.05, 0.1) is 12.8 Å². The fourth-order valence-corrected chi connectivity index (χ4v) is 3.90. The molecule has 7 heteroatoms. The second-order valence-electron chi connectivity index (χ2n) is 5.85. The highest BCUT2D eigenvalue weighted by atomic mass is 32.2. The van der Waals surface area contributed by atoms with Crippen molar-refractivity contribution in [1.29, 1.82) is 0 Å². The molecule has 0 saturated carbocycles. The van der Waals surface area contributed by atoms with E-state index < -0.39 is 10.0 Å². The summed E-state index contributed by atoms with van der Waals surface area (Å²) in [6, 6.07) is 0. The van der Waals surface area contributed by atoms with Gasteiger partial charge in [0.15, 0.2) is 0 Å². The molecule has 6 nitrogen and oxygen atoms in total. The van der Waals surface area contributed by atoms with Gasteiger partial charge in [0.1, 0.15) is 0 Å². The number of carbonyl (C=O) groups excluding carboxylic acids is 1. The number of hydrogen-bond acceptors (Lipinski definition) is 4. The highest BCUT2D eigenvalue weighted by Crippen LogP contribution is 2.17.